The Kier molecular flexibility index (Phi) is 5.48. The normalized spacial score (nSPS) is 14.1. The Morgan fingerprint density at radius 3 is 2.73 bits per heavy atom. The van der Waals surface area contributed by atoms with Crippen molar-refractivity contribution in [3.05, 3.63) is 83.9 Å². The van der Waals surface area contributed by atoms with Crippen molar-refractivity contribution in [2.45, 2.75) is 25.8 Å². The number of H-pyrrole nitrogens is 1. The SMILES string of the molecule is C[C@H](NC(=O)c1cn(C)c2ccc(-c3cc[n+]4[nH]c(NC(=O)C5CC5)nc4c3)cc12)c1cccc(F)c1. The summed E-state index contributed by atoms with van der Waals surface area (Å²) in [5, 5.41) is 9.71. The minimum atomic E-state index is -0.352. The van der Waals surface area contributed by atoms with Gasteiger partial charge in [0.15, 0.2) is 0 Å². The molecule has 6 rings (SSSR count). The number of benzene rings is 2. The quantitative estimate of drug-likeness (QED) is 0.306. The molecule has 1 atom stereocenters. The molecule has 186 valence electrons. The molecule has 0 spiro atoms. The minimum absolute atomic E-state index is 0.00747. The molecule has 9 heteroatoms. The number of hydrogen-bond acceptors (Lipinski definition) is 3. The molecule has 1 fully saturated rings. The van der Waals surface area contributed by atoms with Crippen molar-refractivity contribution in [2.75, 3.05) is 5.32 Å². The van der Waals surface area contributed by atoms with E-state index in [2.05, 4.69) is 20.7 Å². The molecular weight excluding hydrogens is 471 g/mol. The van der Waals surface area contributed by atoms with E-state index in [1.54, 1.807) is 16.6 Å². The van der Waals surface area contributed by atoms with Gasteiger partial charge in [0.25, 0.3) is 5.91 Å². The molecule has 3 heterocycles. The van der Waals surface area contributed by atoms with Gasteiger partial charge < -0.3 is 9.88 Å². The van der Waals surface area contributed by atoms with Crippen LogP contribution in [0.25, 0.3) is 27.7 Å². The van der Waals surface area contributed by atoms with Gasteiger partial charge in [-0.25, -0.2) is 4.39 Å². The molecule has 0 bridgehead atoms. The topological polar surface area (TPSA) is 95.9 Å². The smallest absolute Gasteiger partial charge is 0.350 e. The van der Waals surface area contributed by atoms with Crippen LogP contribution < -0.4 is 15.1 Å². The van der Waals surface area contributed by atoms with E-state index in [0.717, 1.165) is 34.9 Å². The second-order valence-corrected chi connectivity index (χ2v) is 9.62. The number of hydrogen-bond donors (Lipinski definition) is 3. The van der Waals surface area contributed by atoms with Crippen LogP contribution in [0.5, 0.6) is 0 Å². The summed E-state index contributed by atoms with van der Waals surface area (Å²) in [6.07, 6.45) is 5.52. The number of rotatable bonds is 6. The highest BCUT2D eigenvalue weighted by atomic mass is 19.1. The van der Waals surface area contributed by atoms with Crippen molar-refractivity contribution >= 4 is 34.3 Å². The van der Waals surface area contributed by atoms with Crippen molar-refractivity contribution < 1.29 is 18.5 Å². The van der Waals surface area contributed by atoms with E-state index < -0.39 is 0 Å². The van der Waals surface area contributed by atoms with Crippen LogP contribution in [0.3, 0.4) is 0 Å². The number of aryl methyl sites for hydroxylation is 1. The molecule has 3 N–H and O–H groups in total. The van der Waals surface area contributed by atoms with Crippen LogP contribution in [-0.4, -0.2) is 26.5 Å². The van der Waals surface area contributed by atoms with E-state index >= 15 is 0 Å². The number of aromatic nitrogens is 4. The van der Waals surface area contributed by atoms with E-state index in [1.807, 2.05) is 61.3 Å². The van der Waals surface area contributed by atoms with E-state index in [4.69, 9.17) is 0 Å². The zero-order chi connectivity index (χ0) is 25.7. The fourth-order valence-corrected chi connectivity index (χ4v) is 4.61. The standard InChI is InChI=1S/C28H25FN6O2/c1-16(18-4-3-5-21(29)12-18)30-27(37)23-15-34(2)24-9-8-19(13-22(23)24)20-10-11-35-25(14-20)31-28(33-35)32-26(36)17-6-7-17/h3-5,8-17H,6-7H2,1-2H3,(H2,30,32,33,36,37)/p+1/t16-/m0/s1. The van der Waals surface area contributed by atoms with Crippen molar-refractivity contribution in [3.8, 4) is 11.1 Å². The predicted molar refractivity (Wildman–Crippen MR) is 137 cm³/mol. The Morgan fingerprint density at radius 2 is 1.95 bits per heavy atom. The lowest BCUT2D eigenvalue weighted by Crippen LogP contribution is -2.26. The summed E-state index contributed by atoms with van der Waals surface area (Å²) in [6.45, 7) is 1.83. The maximum atomic E-state index is 13.7. The number of anilines is 1. The van der Waals surface area contributed by atoms with Crippen LogP contribution in [0.1, 0.15) is 41.7 Å². The number of nitrogens with zero attached hydrogens (tertiary/aromatic N) is 3. The fraction of sp³-hybridized carbons (Fsp3) is 0.214. The van der Waals surface area contributed by atoms with Gasteiger partial charge in [-0.1, -0.05) is 18.2 Å². The molecule has 3 aromatic heterocycles. The molecule has 0 radical (unpaired) electrons. The summed E-state index contributed by atoms with van der Waals surface area (Å²) < 4.78 is 17.3. The second kappa shape index (κ2) is 8.85. The predicted octanol–water partition coefficient (Wildman–Crippen LogP) is 4.29. The van der Waals surface area contributed by atoms with Gasteiger partial charge in [-0.2, -0.15) is 5.10 Å². The lowest BCUT2D eigenvalue weighted by molar-refractivity contribution is -0.576. The summed E-state index contributed by atoms with van der Waals surface area (Å²) in [5.74, 6) is -0.0628. The molecule has 1 aliphatic rings. The Bertz CT molecular complexity index is 1680. The molecule has 0 unspecified atom stereocenters. The third kappa shape index (κ3) is 4.44. The van der Waals surface area contributed by atoms with Crippen LogP contribution in [0.2, 0.25) is 0 Å². The van der Waals surface area contributed by atoms with Crippen molar-refractivity contribution in [3.63, 3.8) is 0 Å². The molecule has 37 heavy (non-hydrogen) atoms. The summed E-state index contributed by atoms with van der Waals surface area (Å²) in [5.41, 5.74) is 4.69. The zero-order valence-corrected chi connectivity index (χ0v) is 20.5. The van der Waals surface area contributed by atoms with Gasteiger partial charge in [-0.15, -0.1) is 4.52 Å². The molecule has 5 aromatic rings. The highest BCUT2D eigenvalue weighted by Gasteiger charge is 2.31. The first-order chi connectivity index (χ1) is 17.9. The maximum Gasteiger partial charge on any atom is 0.355 e. The van der Waals surface area contributed by atoms with Crippen LogP contribution in [0.15, 0.2) is 67.0 Å². The van der Waals surface area contributed by atoms with E-state index in [0.29, 0.717) is 22.7 Å². The largest absolute Gasteiger partial charge is 0.355 e. The molecule has 8 nitrogen and oxygen atoms in total. The van der Waals surface area contributed by atoms with Gasteiger partial charge in [0.2, 0.25) is 5.91 Å². The zero-order valence-electron chi connectivity index (χ0n) is 20.5. The van der Waals surface area contributed by atoms with Gasteiger partial charge >= 0.3 is 11.6 Å². The number of aromatic amines is 1. The first-order valence-electron chi connectivity index (χ1n) is 12.2. The third-order valence-corrected chi connectivity index (χ3v) is 6.84. The van der Waals surface area contributed by atoms with Gasteiger partial charge in [-0.05, 0) is 66.8 Å². The van der Waals surface area contributed by atoms with Crippen LogP contribution in [0.4, 0.5) is 10.3 Å². The average Bonchev–Trinajstić information content (AvgIpc) is 3.59. The average molecular weight is 498 g/mol. The van der Waals surface area contributed by atoms with Gasteiger partial charge in [0.05, 0.1) is 11.6 Å². The number of halogens is 1. The first-order valence-corrected chi connectivity index (χ1v) is 12.2. The fourth-order valence-electron chi connectivity index (χ4n) is 4.61. The first kappa shape index (κ1) is 22.9. The third-order valence-electron chi connectivity index (χ3n) is 6.84. The molecule has 0 aliphatic heterocycles. The molecule has 2 aromatic carbocycles. The van der Waals surface area contributed by atoms with Crippen LogP contribution in [0, 0.1) is 11.7 Å². The van der Waals surface area contributed by atoms with E-state index in [9.17, 15) is 14.0 Å². The number of fused-ring (bicyclic) bond motifs is 2. The molecule has 1 saturated carbocycles. The Morgan fingerprint density at radius 1 is 1.14 bits per heavy atom. The highest BCUT2D eigenvalue weighted by Crippen LogP contribution is 2.30. The number of nitrogens with one attached hydrogen (secondary N) is 3. The number of carbonyl (C=O) groups is 2. The lowest BCUT2D eigenvalue weighted by Gasteiger charge is -2.14. The Labute approximate surface area is 212 Å². The second-order valence-electron chi connectivity index (χ2n) is 9.62. The van der Waals surface area contributed by atoms with E-state index in [-0.39, 0.29) is 29.6 Å². The van der Waals surface area contributed by atoms with Gasteiger partial charge in [0.1, 0.15) is 12.0 Å². The minimum Gasteiger partial charge on any atom is -0.350 e. The van der Waals surface area contributed by atoms with Crippen molar-refractivity contribution in [2.24, 2.45) is 13.0 Å². The molecule has 0 saturated heterocycles. The molecule has 2 amide bonds. The monoisotopic (exact) mass is 497 g/mol. The Balaban J connectivity index is 1.29. The van der Waals surface area contributed by atoms with Crippen LogP contribution in [-0.2, 0) is 11.8 Å². The number of carbonyl (C=O) groups excluding carboxylic acids is 2. The van der Waals surface area contributed by atoms with Gasteiger partial charge in [-0.3, -0.25) is 14.9 Å². The van der Waals surface area contributed by atoms with E-state index in [1.165, 1.54) is 12.1 Å². The number of pyridine rings is 1. The molecular formula is C28H26FN6O2+. The maximum absolute atomic E-state index is 13.7. The van der Waals surface area contributed by atoms with Crippen molar-refractivity contribution in [1.82, 2.24) is 20.0 Å². The summed E-state index contributed by atoms with van der Waals surface area (Å²) in [4.78, 5) is 29.8. The summed E-state index contributed by atoms with van der Waals surface area (Å²) in [7, 11) is 1.90. The summed E-state index contributed by atoms with van der Waals surface area (Å²) >= 11 is 0. The van der Waals surface area contributed by atoms with Gasteiger partial charge in [0, 0.05) is 41.1 Å². The van der Waals surface area contributed by atoms with Crippen molar-refractivity contribution in [1.29, 1.82) is 0 Å². The Hall–Kier alpha value is -4.53. The number of amides is 2. The highest BCUT2D eigenvalue weighted by molar-refractivity contribution is 6.08. The molecule has 1 aliphatic carbocycles. The van der Waals surface area contributed by atoms with Crippen LogP contribution >= 0.6 is 0 Å². The summed E-state index contributed by atoms with van der Waals surface area (Å²) in [6, 6.07) is 15.8. The lowest BCUT2D eigenvalue weighted by atomic mass is 10.0.